The lowest BCUT2D eigenvalue weighted by atomic mass is 10.1. The van der Waals surface area contributed by atoms with Crippen LogP contribution in [0, 0.1) is 0 Å². The number of rotatable bonds is 4. The minimum absolute atomic E-state index is 0.139. The van der Waals surface area contributed by atoms with E-state index in [2.05, 4.69) is 4.74 Å². The molecular formula is C10H10ClO4S-. The van der Waals surface area contributed by atoms with Crippen molar-refractivity contribution in [2.75, 3.05) is 6.61 Å². The largest absolute Gasteiger partial charge is 0.771 e. The lowest BCUT2D eigenvalue weighted by Gasteiger charge is -2.18. The minimum Gasteiger partial charge on any atom is -0.771 e. The lowest BCUT2D eigenvalue weighted by molar-refractivity contribution is -0.142. The second-order valence-electron chi connectivity index (χ2n) is 2.94. The van der Waals surface area contributed by atoms with Crippen LogP contribution in [0.3, 0.4) is 0 Å². The van der Waals surface area contributed by atoms with E-state index in [0.29, 0.717) is 10.6 Å². The fraction of sp³-hybridized carbons (Fsp3) is 0.300. The van der Waals surface area contributed by atoms with Crippen LogP contribution in [-0.4, -0.2) is 21.3 Å². The SMILES string of the molecule is CCOC(=O)C(c1ccc(Cl)cc1)S(=O)[O-]. The quantitative estimate of drug-likeness (QED) is 0.613. The zero-order chi connectivity index (χ0) is 12.1. The Labute approximate surface area is 101 Å². The summed E-state index contributed by atoms with van der Waals surface area (Å²) in [5, 5.41) is -0.819. The van der Waals surface area contributed by atoms with Crippen molar-refractivity contribution in [3.05, 3.63) is 34.9 Å². The highest BCUT2D eigenvalue weighted by atomic mass is 35.5. The first-order valence-electron chi connectivity index (χ1n) is 4.56. The molecule has 88 valence electrons. The smallest absolute Gasteiger partial charge is 0.325 e. The summed E-state index contributed by atoms with van der Waals surface area (Å²) in [5.41, 5.74) is 0.344. The Morgan fingerprint density at radius 1 is 1.50 bits per heavy atom. The van der Waals surface area contributed by atoms with Crippen molar-refractivity contribution in [3.63, 3.8) is 0 Å². The molecule has 0 amide bonds. The normalized spacial score (nSPS) is 14.2. The van der Waals surface area contributed by atoms with Gasteiger partial charge < -0.3 is 9.29 Å². The molecule has 0 aliphatic heterocycles. The first-order chi connectivity index (χ1) is 7.56. The molecule has 4 nitrogen and oxygen atoms in total. The number of halogens is 1. The van der Waals surface area contributed by atoms with Crippen molar-refractivity contribution in [3.8, 4) is 0 Å². The lowest BCUT2D eigenvalue weighted by Crippen LogP contribution is -2.20. The maximum Gasteiger partial charge on any atom is 0.325 e. The van der Waals surface area contributed by atoms with Gasteiger partial charge in [0.05, 0.1) is 6.61 Å². The zero-order valence-electron chi connectivity index (χ0n) is 8.51. The molecule has 6 heteroatoms. The number of carbonyl (C=O) groups excluding carboxylic acids is 1. The number of ether oxygens (including phenoxy) is 1. The topological polar surface area (TPSA) is 66.4 Å². The van der Waals surface area contributed by atoms with Crippen LogP contribution in [-0.2, 0) is 20.6 Å². The summed E-state index contributed by atoms with van der Waals surface area (Å²) in [5.74, 6) is -0.779. The van der Waals surface area contributed by atoms with Crippen LogP contribution in [0.25, 0.3) is 0 Å². The predicted octanol–water partition coefficient (Wildman–Crippen LogP) is 1.82. The van der Waals surface area contributed by atoms with Gasteiger partial charge in [-0.15, -0.1) is 0 Å². The molecule has 0 radical (unpaired) electrons. The first-order valence-corrected chi connectivity index (χ1v) is 6.08. The molecular weight excluding hydrogens is 252 g/mol. The molecule has 1 aromatic carbocycles. The van der Waals surface area contributed by atoms with Gasteiger partial charge in [0.1, 0.15) is 5.25 Å². The average molecular weight is 262 g/mol. The van der Waals surface area contributed by atoms with Crippen molar-refractivity contribution in [1.82, 2.24) is 0 Å². The second-order valence-corrected chi connectivity index (χ2v) is 4.37. The van der Waals surface area contributed by atoms with Gasteiger partial charge in [0.25, 0.3) is 0 Å². The van der Waals surface area contributed by atoms with Gasteiger partial charge in [0.15, 0.2) is 0 Å². The van der Waals surface area contributed by atoms with E-state index < -0.39 is 22.3 Å². The maximum absolute atomic E-state index is 11.4. The van der Waals surface area contributed by atoms with Gasteiger partial charge in [0, 0.05) is 5.02 Å². The fourth-order valence-electron chi connectivity index (χ4n) is 1.18. The summed E-state index contributed by atoms with van der Waals surface area (Å²) in [6.07, 6.45) is 0. The number of benzene rings is 1. The molecule has 0 aromatic heterocycles. The van der Waals surface area contributed by atoms with Crippen molar-refractivity contribution >= 4 is 28.7 Å². The molecule has 0 spiro atoms. The summed E-state index contributed by atoms with van der Waals surface area (Å²) in [6, 6.07) is 6.02. The Balaban J connectivity index is 2.98. The third-order valence-corrected chi connectivity index (χ3v) is 2.97. The van der Waals surface area contributed by atoms with Gasteiger partial charge in [-0.1, -0.05) is 23.7 Å². The Bertz CT molecular complexity index is 390. The predicted molar refractivity (Wildman–Crippen MR) is 59.7 cm³/mol. The molecule has 0 heterocycles. The van der Waals surface area contributed by atoms with Gasteiger partial charge in [0.2, 0.25) is 0 Å². The summed E-state index contributed by atoms with van der Waals surface area (Å²) >= 11 is 3.11. The van der Waals surface area contributed by atoms with E-state index in [0.717, 1.165) is 0 Å². The van der Waals surface area contributed by atoms with Crippen molar-refractivity contribution in [2.45, 2.75) is 12.2 Å². The molecule has 0 aliphatic rings. The van der Waals surface area contributed by atoms with Gasteiger partial charge >= 0.3 is 5.97 Å². The van der Waals surface area contributed by atoms with Crippen LogP contribution in [0.4, 0.5) is 0 Å². The number of carbonyl (C=O) groups is 1. The molecule has 1 rings (SSSR count). The molecule has 0 fully saturated rings. The summed E-state index contributed by atoms with van der Waals surface area (Å²) in [4.78, 5) is 11.4. The maximum atomic E-state index is 11.4. The van der Waals surface area contributed by atoms with E-state index in [1.807, 2.05) is 0 Å². The Morgan fingerprint density at radius 2 is 2.06 bits per heavy atom. The molecule has 0 saturated carbocycles. The number of hydrogen-bond donors (Lipinski definition) is 0. The van der Waals surface area contributed by atoms with Gasteiger partial charge in [-0.05, 0) is 35.7 Å². The van der Waals surface area contributed by atoms with Crippen molar-refractivity contribution in [2.24, 2.45) is 0 Å². The van der Waals surface area contributed by atoms with E-state index in [4.69, 9.17) is 11.6 Å². The van der Waals surface area contributed by atoms with E-state index in [1.165, 1.54) is 24.3 Å². The Kier molecular flexibility index (Phi) is 4.92. The molecule has 0 aliphatic carbocycles. The third-order valence-electron chi connectivity index (χ3n) is 1.87. The van der Waals surface area contributed by atoms with Gasteiger partial charge in [-0.2, -0.15) is 0 Å². The highest BCUT2D eigenvalue weighted by molar-refractivity contribution is 7.80. The van der Waals surface area contributed by atoms with Crippen molar-refractivity contribution in [1.29, 1.82) is 0 Å². The van der Waals surface area contributed by atoms with Gasteiger partial charge in [-0.25, -0.2) is 0 Å². The minimum atomic E-state index is -2.56. The van der Waals surface area contributed by atoms with Crippen LogP contribution in [0.15, 0.2) is 24.3 Å². The Morgan fingerprint density at radius 3 is 2.50 bits per heavy atom. The monoisotopic (exact) mass is 261 g/mol. The van der Waals surface area contributed by atoms with Gasteiger partial charge in [-0.3, -0.25) is 9.00 Å². The summed E-state index contributed by atoms with van der Waals surface area (Å²) in [6.45, 7) is 1.75. The van der Waals surface area contributed by atoms with Crippen molar-refractivity contribution < 1.29 is 18.3 Å². The van der Waals surface area contributed by atoms with E-state index in [9.17, 15) is 13.6 Å². The van der Waals surface area contributed by atoms with Crippen LogP contribution in [0.1, 0.15) is 17.7 Å². The van der Waals surface area contributed by atoms with Crippen LogP contribution in [0.5, 0.6) is 0 Å². The summed E-state index contributed by atoms with van der Waals surface area (Å²) < 4.78 is 26.6. The summed E-state index contributed by atoms with van der Waals surface area (Å²) in [7, 11) is 0. The van der Waals surface area contributed by atoms with Crippen LogP contribution in [0.2, 0.25) is 5.02 Å². The molecule has 2 unspecified atom stereocenters. The fourth-order valence-corrected chi connectivity index (χ4v) is 1.91. The van der Waals surface area contributed by atoms with E-state index in [1.54, 1.807) is 6.92 Å². The van der Waals surface area contributed by atoms with E-state index >= 15 is 0 Å². The van der Waals surface area contributed by atoms with Crippen LogP contribution < -0.4 is 0 Å². The molecule has 0 saturated heterocycles. The van der Waals surface area contributed by atoms with E-state index in [-0.39, 0.29) is 6.61 Å². The zero-order valence-corrected chi connectivity index (χ0v) is 10.1. The second kappa shape index (κ2) is 5.98. The standard InChI is InChI=1S/C10H11ClO4S/c1-2-15-10(12)9(16(13)14)7-3-5-8(11)6-4-7/h3-6,9H,2H2,1H3,(H,13,14)/p-1. The first kappa shape index (κ1) is 13.2. The molecule has 2 atom stereocenters. The molecule has 16 heavy (non-hydrogen) atoms. The number of hydrogen-bond acceptors (Lipinski definition) is 4. The van der Waals surface area contributed by atoms with Crippen LogP contribution >= 0.6 is 11.6 Å². The average Bonchev–Trinajstić information content (AvgIpc) is 2.21. The molecule has 0 N–H and O–H groups in total. The third kappa shape index (κ3) is 3.30. The molecule has 0 bridgehead atoms. The molecule has 1 aromatic rings. The Hall–Kier alpha value is -0.910. The number of esters is 1. The highest BCUT2D eigenvalue weighted by Gasteiger charge is 2.22. The highest BCUT2D eigenvalue weighted by Crippen LogP contribution is 2.22.